The monoisotopic (exact) mass is 256 g/mol. The number of ether oxygens (including phenoxy) is 1. The van der Waals surface area contributed by atoms with Crippen molar-refractivity contribution >= 4 is 12.0 Å². The fourth-order valence-corrected chi connectivity index (χ4v) is 1.97. The summed E-state index contributed by atoms with van der Waals surface area (Å²) in [6.45, 7) is 1.22. The van der Waals surface area contributed by atoms with Crippen molar-refractivity contribution in [3.8, 4) is 6.07 Å². The molecule has 0 unspecified atom stereocenters. The van der Waals surface area contributed by atoms with E-state index in [0.717, 1.165) is 25.0 Å². The van der Waals surface area contributed by atoms with Crippen molar-refractivity contribution in [2.75, 3.05) is 13.2 Å². The van der Waals surface area contributed by atoms with Gasteiger partial charge in [-0.25, -0.2) is 0 Å². The van der Waals surface area contributed by atoms with Crippen molar-refractivity contribution in [3.63, 3.8) is 0 Å². The molecule has 0 saturated carbocycles. The molecule has 1 heterocycles. The number of carbonyl (C=O) groups excluding carboxylic acids is 1. The summed E-state index contributed by atoms with van der Waals surface area (Å²) in [7, 11) is 0. The van der Waals surface area contributed by atoms with Crippen molar-refractivity contribution < 1.29 is 9.53 Å². The van der Waals surface area contributed by atoms with Gasteiger partial charge in [0.1, 0.15) is 11.6 Å². The van der Waals surface area contributed by atoms with Crippen LogP contribution in [-0.4, -0.2) is 25.2 Å². The fourth-order valence-electron chi connectivity index (χ4n) is 1.97. The SMILES string of the molecule is N#C/C(=C/c1ccccc1)C(=O)NC[C@H]1CCCO1. The summed E-state index contributed by atoms with van der Waals surface area (Å²) in [6.07, 6.45) is 3.67. The zero-order valence-electron chi connectivity index (χ0n) is 10.6. The molecule has 2 rings (SSSR count). The molecule has 1 N–H and O–H groups in total. The van der Waals surface area contributed by atoms with Crippen LogP contribution in [0.15, 0.2) is 35.9 Å². The molecule has 98 valence electrons. The molecule has 4 nitrogen and oxygen atoms in total. The van der Waals surface area contributed by atoms with Crippen molar-refractivity contribution in [1.29, 1.82) is 5.26 Å². The molecule has 0 bridgehead atoms. The van der Waals surface area contributed by atoms with Gasteiger partial charge in [-0.2, -0.15) is 5.26 Å². The Bertz CT molecular complexity index is 497. The lowest BCUT2D eigenvalue weighted by Gasteiger charge is -2.10. The predicted molar refractivity (Wildman–Crippen MR) is 72.0 cm³/mol. The number of carbonyl (C=O) groups is 1. The minimum Gasteiger partial charge on any atom is -0.376 e. The maximum absolute atomic E-state index is 11.9. The standard InChI is InChI=1S/C15H16N2O2/c16-10-13(9-12-5-2-1-3-6-12)15(18)17-11-14-7-4-8-19-14/h1-3,5-6,9,14H,4,7-8,11H2,(H,17,18)/b13-9-/t14-/m1/s1. The van der Waals surface area contributed by atoms with Crippen molar-refractivity contribution in [2.45, 2.75) is 18.9 Å². The summed E-state index contributed by atoms with van der Waals surface area (Å²) in [5.74, 6) is -0.346. The van der Waals surface area contributed by atoms with E-state index in [9.17, 15) is 4.79 Å². The van der Waals surface area contributed by atoms with Crippen LogP contribution in [0.25, 0.3) is 6.08 Å². The number of nitrogens with one attached hydrogen (secondary N) is 1. The first-order chi connectivity index (χ1) is 9.29. The van der Waals surface area contributed by atoms with Crippen LogP contribution in [0.4, 0.5) is 0 Å². The molecule has 1 atom stereocenters. The Balaban J connectivity index is 1.95. The van der Waals surface area contributed by atoms with E-state index < -0.39 is 0 Å². The highest BCUT2D eigenvalue weighted by atomic mass is 16.5. The van der Waals surface area contributed by atoms with Crippen LogP contribution >= 0.6 is 0 Å². The van der Waals surface area contributed by atoms with E-state index >= 15 is 0 Å². The number of benzene rings is 1. The van der Waals surface area contributed by atoms with Crippen molar-refractivity contribution in [2.24, 2.45) is 0 Å². The van der Waals surface area contributed by atoms with Crippen LogP contribution in [0.2, 0.25) is 0 Å². The molecule has 1 saturated heterocycles. The summed E-state index contributed by atoms with van der Waals surface area (Å²) < 4.78 is 5.42. The second-order valence-corrected chi connectivity index (χ2v) is 4.43. The zero-order valence-corrected chi connectivity index (χ0v) is 10.6. The van der Waals surface area contributed by atoms with Crippen LogP contribution in [0.5, 0.6) is 0 Å². The number of hydrogen-bond donors (Lipinski definition) is 1. The normalized spacial score (nSPS) is 18.9. The van der Waals surface area contributed by atoms with Crippen LogP contribution in [0.3, 0.4) is 0 Å². The minimum absolute atomic E-state index is 0.0839. The third-order valence-electron chi connectivity index (χ3n) is 2.99. The maximum atomic E-state index is 11.9. The summed E-state index contributed by atoms with van der Waals surface area (Å²) in [5, 5.41) is 11.8. The van der Waals surface area contributed by atoms with Crippen LogP contribution in [-0.2, 0) is 9.53 Å². The summed E-state index contributed by atoms with van der Waals surface area (Å²) >= 11 is 0. The molecule has 1 aromatic carbocycles. The summed E-state index contributed by atoms with van der Waals surface area (Å²) in [4.78, 5) is 11.9. The Morgan fingerprint density at radius 3 is 2.89 bits per heavy atom. The topological polar surface area (TPSA) is 62.1 Å². The van der Waals surface area contributed by atoms with Crippen LogP contribution in [0, 0.1) is 11.3 Å². The highest BCUT2D eigenvalue weighted by Gasteiger charge is 2.17. The van der Waals surface area contributed by atoms with E-state index in [-0.39, 0.29) is 17.6 Å². The molecule has 0 aliphatic carbocycles. The van der Waals surface area contributed by atoms with Gasteiger partial charge >= 0.3 is 0 Å². The van der Waals surface area contributed by atoms with E-state index in [2.05, 4.69) is 5.32 Å². The van der Waals surface area contributed by atoms with Gasteiger partial charge in [0.05, 0.1) is 6.10 Å². The lowest BCUT2D eigenvalue weighted by atomic mass is 10.1. The summed E-state index contributed by atoms with van der Waals surface area (Å²) in [6, 6.07) is 11.3. The van der Waals surface area contributed by atoms with Crippen molar-refractivity contribution in [3.05, 3.63) is 41.5 Å². The quantitative estimate of drug-likeness (QED) is 0.661. The van der Waals surface area contributed by atoms with Gasteiger partial charge in [-0.05, 0) is 24.5 Å². The molecule has 19 heavy (non-hydrogen) atoms. The molecule has 1 aliphatic rings. The highest BCUT2D eigenvalue weighted by molar-refractivity contribution is 6.01. The first-order valence-electron chi connectivity index (χ1n) is 6.36. The minimum atomic E-state index is -0.346. The average Bonchev–Trinajstić information content (AvgIpc) is 2.96. The molecule has 4 heteroatoms. The number of hydrogen-bond acceptors (Lipinski definition) is 3. The molecule has 0 spiro atoms. The van der Waals surface area contributed by atoms with Gasteiger partial charge in [0, 0.05) is 13.2 Å². The van der Waals surface area contributed by atoms with Gasteiger partial charge in [-0.3, -0.25) is 4.79 Å². The fraction of sp³-hybridized carbons (Fsp3) is 0.333. The van der Waals surface area contributed by atoms with E-state index in [1.165, 1.54) is 0 Å². The molecule has 1 aromatic rings. The second-order valence-electron chi connectivity index (χ2n) is 4.43. The molecule has 1 amide bonds. The first kappa shape index (κ1) is 13.3. The van der Waals surface area contributed by atoms with Gasteiger partial charge < -0.3 is 10.1 Å². The first-order valence-corrected chi connectivity index (χ1v) is 6.36. The average molecular weight is 256 g/mol. The number of nitriles is 1. The predicted octanol–water partition coefficient (Wildman–Crippen LogP) is 1.89. The van der Waals surface area contributed by atoms with E-state index in [0.29, 0.717) is 6.54 Å². The van der Waals surface area contributed by atoms with Gasteiger partial charge in [0.2, 0.25) is 0 Å². The van der Waals surface area contributed by atoms with Crippen molar-refractivity contribution in [1.82, 2.24) is 5.32 Å². The lowest BCUT2D eigenvalue weighted by Crippen LogP contribution is -2.32. The molecule has 1 fully saturated rings. The van der Waals surface area contributed by atoms with Gasteiger partial charge in [-0.1, -0.05) is 30.3 Å². The molecular formula is C15H16N2O2. The Morgan fingerprint density at radius 1 is 1.47 bits per heavy atom. The summed E-state index contributed by atoms with van der Waals surface area (Å²) in [5.41, 5.74) is 0.954. The third-order valence-corrected chi connectivity index (χ3v) is 2.99. The number of rotatable bonds is 4. The molecule has 1 aliphatic heterocycles. The Hall–Kier alpha value is -2.12. The van der Waals surface area contributed by atoms with E-state index in [1.807, 2.05) is 36.4 Å². The second kappa shape index (κ2) is 6.72. The Kier molecular flexibility index (Phi) is 4.71. The van der Waals surface area contributed by atoms with E-state index in [1.54, 1.807) is 6.08 Å². The lowest BCUT2D eigenvalue weighted by molar-refractivity contribution is -0.117. The number of nitrogens with zero attached hydrogens (tertiary/aromatic N) is 1. The Morgan fingerprint density at radius 2 is 2.26 bits per heavy atom. The smallest absolute Gasteiger partial charge is 0.262 e. The third kappa shape index (κ3) is 3.94. The maximum Gasteiger partial charge on any atom is 0.262 e. The zero-order chi connectivity index (χ0) is 13.5. The van der Waals surface area contributed by atoms with Gasteiger partial charge in [0.25, 0.3) is 5.91 Å². The van der Waals surface area contributed by atoms with Gasteiger partial charge in [0.15, 0.2) is 0 Å². The largest absolute Gasteiger partial charge is 0.376 e. The van der Waals surface area contributed by atoms with Crippen LogP contribution < -0.4 is 5.32 Å². The van der Waals surface area contributed by atoms with E-state index in [4.69, 9.17) is 10.00 Å². The van der Waals surface area contributed by atoms with Gasteiger partial charge in [-0.15, -0.1) is 0 Å². The van der Waals surface area contributed by atoms with Crippen LogP contribution in [0.1, 0.15) is 18.4 Å². The molecular weight excluding hydrogens is 240 g/mol. The molecule has 0 radical (unpaired) electrons. The molecule has 0 aromatic heterocycles. The highest BCUT2D eigenvalue weighted by Crippen LogP contribution is 2.11. The Labute approximate surface area is 112 Å². The number of amides is 1.